The van der Waals surface area contributed by atoms with Gasteiger partial charge in [0.2, 0.25) is 0 Å². The van der Waals surface area contributed by atoms with Crippen LogP contribution in [0.25, 0.3) is 6.08 Å². The Morgan fingerprint density at radius 3 is 2.54 bits per heavy atom. The van der Waals surface area contributed by atoms with Crippen molar-refractivity contribution >= 4 is 52.2 Å². The van der Waals surface area contributed by atoms with E-state index < -0.39 is 6.04 Å². The maximum Gasteiger partial charge on any atom is 0.271 e. The number of anilines is 1. The van der Waals surface area contributed by atoms with Crippen molar-refractivity contribution in [3.05, 3.63) is 119 Å². The number of ether oxygens (including phenoxy) is 2. The summed E-state index contributed by atoms with van der Waals surface area (Å²) in [6, 6.07) is 18.8. The highest BCUT2D eigenvalue weighted by Crippen LogP contribution is 2.37. The average molecular weight is 580 g/mol. The van der Waals surface area contributed by atoms with E-state index in [1.54, 1.807) is 68.6 Å². The minimum absolute atomic E-state index is 0.321. The molecule has 1 aromatic heterocycles. The van der Waals surface area contributed by atoms with Crippen molar-refractivity contribution in [3.8, 4) is 11.5 Å². The second-order valence-corrected chi connectivity index (χ2v) is 10.4. The molecule has 0 saturated carbocycles. The van der Waals surface area contributed by atoms with Crippen LogP contribution >= 0.6 is 34.5 Å². The Bertz CT molecular complexity index is 1800. The predicted octanol–water partition coefficient (Wildman–Crippen LogP) is 5.20. The Labute approximate surface area is 238 Å². The van der Waals surface area contributed by atoms with E-state index in [-0.39, 0.29) is 11.5 Å². The van der Waals surface area contributed by atoms with Gasteiger partial charge in [0.1, 0.15) is 17.5 Å². The molecule has 10 heteroatoms. The van der Waals surface area contributed by atoms with E-state index in [1.807, 2.05) is 18.2 Å². The number of para-hydroxylation sites is 1. The van der Waals surface area contributed by atoms with E-state index in [0.29, 0.717) is 59.0 Å². The highest BCUT2D eigenvalue weighted by Gasteiger charge is 2.34. The van der Waals surface area contributed by atoms with Crippen LogP contribution in [0.1, 0.15) is 24.1 Å². The molecule has 1 aliphatic rings. The molecule has 2 heterocycles. The largest absolute Gasteiger partial charge is 0.497 e. The molecule has 0 unspecified atom stereocenters. The van der Waals surface area contributed by atoms with Gasteiger partial charge in [0.25, 0.3) is 11.5 Å². The number of nitrogens with one attached hydrogen (secondary N) is 1. The fourth-order valence-electron chi connectivity index (χ4n) is 4.44. The first-order valence-corrected chi connectivity index (χ1v) is 13.4. The van der Waals surface area contributed by atoms with Crippen molar-refractivity contribution in [3.63, 3.8) is 0 Å². The number of nitrogens with zero attached hydrogens (tertiary/aromatic N) is 2. The molecule has 1 aliphatic heterocycles. The normalized spacial score (nSPS) is 15.0. The van der Waals surface area contributed by atoms with E-state index in [9.17, 15) is 9.59 Å². The monoisotopic (exact) mass is 579 g/mol. The fourth-order valence-corrected chi connectivity index (χ4v) is 5.84. The molecule has 5 rings (SSSR count). The van der Waals surface area contributed by atoms with Gasteiger partial charge < -0.3 is 14.8 Å². The number of aromatic nitrogens is 1. The standard InChI is InChI=1S/C29H23Cl2N3O4S/c1-16-24(27(35)33-18-9-5-4-6-10-18)26(20-13-12-19(37-2)15-22(20)38-3)34-28(36)23(39-29(34)32-16)14-17-8-7-11-21(30)25(17)31/h4-15,26H,1-3H3,(H,33,35)/b23-14-/t26-/m0/s1. The van der Waals surface area contributed by atoms with Crippen molar-refractivity contribution in [2.24, 2.45) is 4.99 Å². The fraction of sp³-hybridized carbons (Fsp3) is 0.138. The van der Waals surface area contributed by atoms with Gasteiger partial charge in [0.15, 0.2) is 4.80 Å². The zero-order valence-corrected chi connectivity index (χ0v) is 23.5. The van der Waals surface area contributed by atoms with Crippen molar-refractivity contribution in [1.29, 1.82) is 0 Å². The number of carbonyl (C=O) groups excluding carboxylic acids is 1. The average Bonchev–Trinajstić information content (AvgIpc) is 3.24. The summed E-state index contributed by atoms with van der Waals surface area (Å²) in [6.07, 6.45) is 1.68. The van der Waals surface area contributed by atoms with Gasteiger partial charge in [-0.2, -0.15) is 0 Å². The molecule has 0 radical (unpaired) electrons. The van der Waals surface area contributed by atoms with Gasteiger partial charge in [-0.05, 0) is 48.9 Å². The number of halogens is 2. The van der Waals surface area contributed by atoms with Crippen molar-refractivity contribution < 1.29 is 14.3 Å². The lowest BCUT2D eigenvalue weighted by Gasteiger charge is -2.26. The minimum atomic E-state index is -0.817. The van der Waals surface area contributed by atoms with E-state index in [2.05, 4.69) is 10.3 Å². The maximum atomic E-state index is 13.9. The zero-order valence-electron chi connectivity index (χ0n) is 21.2. The lowest BCUT2D eigenvalue weighted by atomic mass is 9.94. The molecule has 4 aromatic rings. The summed E-state index contributed by atoms with van der Waals surface area (Å²) < 4.78 is 13.0. The number of hydrogen-bond donors (Lipinski definition) is 1. The molecule has 39 heavy (non-hydrogen) atoms. The Morgan fingerprint density at radius 2 is 1.82 bits per heavy atom. The van der Waals surface area contributed by atoms with Gasteiger partial charge in [-0.1, -0.05) is 64.9 Å². The first kappa shape index (κ1) is 26.7. The Kier molecular flexibility index (Phi) is 7.61. The molecule has 0 fully saturated rings. The number of methoxy groups -OCH3 is 2. The van der Waals surface area contributed by atoms with Gasteiger partial charge in [0.05, 0.1) is 40.1 Å². The number of fused-ring (bicyclic) bond motifs is 1. The van der Waals surface area contributed by atoms with Crippen LogP contribution in [0.4, 0.5) is 5.69 Å². The summed E-state index contributed by atoms with van der Waals surface area (Å²) in [5.74, 6) is 0.665. The number of benzene rings is 3. The lowest BCUT2D eigenvalue weighted by Crippen LogP contribution is -2.40. The highest BCUT2D eigenvalue weighted by molar-refractivity contribution is 7.07. The van der Waals surface area contributed by atoms with Gasteiger partial charge in [-0.25, -0.2) is 4.99 Å². The first-order valence-electron chi connectivity index (χ1n) is 11.9. The SMILES string of the molecule is COc1ccc([C@H]2C(C(=O)Nc3ccccc3)=C(C)N=c3s/c(=C\c4cccc(Cl)c4Cl)c(=O)n32)c(OC)c1. The van der Waals surface area contributed by atoms with E-state index >= 15 is 0 Å². The minimum Gasteiger partial charge on any atom is -0.497 e. The summed E-state index contributed by atoms with van der Waals surface area (Å²) in [7, 11) is 3.09. The lowest BCUT2D eigenvalue weighted by molar-refractivity contribution is -0.113. The molecule has 1 atom stereocenters. The molecule has 3 aromatic carbocycles. The van der Waals surface area contributed by atoms with Crippen LogP contribution in [0.3, 0.4) is 0 Å². The predicted molar refractivity (Wildman–Crippen MR) is 155 cm³/mol. The number of rotatable bonds is 6. The number of thiazole rings is 1. The summed E-state index contributed by atoms with van der Waals surface area (Å²) >= 11 is 13.8. The van der Waals surface area contributed by atoms with Crippen LogP contribution in [0.15, 0.2) is 87.8 Å². The third-order valence-electron chi connectivity index (χ3n) is 6.30. The van der Waals surface area contributed by atoms with Crippen LogP contribution in [0, 0.1) is 0 Å². The van der Waals surface area contributed by atoms with Crippen LogP contribution in [0.2, 0.25) is 10.0 Å². The second-order valence-electron chi connectivity index (χ2n) is 8.65. The number of amides is 1. The van der Waals surface area contributed by atoms with Gasteiger partial charge in [0, 0.05) is 17.3 Å². The Hall–Kier alpha value is -3.85. The molecule has 198 valence electrons. The topological polar surface area (TPSA) is 81.9 Å². The van der Waals surface area contributed by atoms with E-state index in [0.717, 1.165) is 0 Å². The van der Waals surface area contributed by atoms with Crippen LogP contribution in [0.5, 0.6) is 11.5 Å². The summed E-state index contributed by atoms with van der Waals surface area (Å²) in [5.41, 5.74) is 2.32. The molecule has 7 nitrogen and oxygen atoms in total. The van der Waals surface area contributed by atoms with E-state index in [4.69, 9.17) is 32.7 Å². The smallest absolute Gasteiger partial charge is 0.271 e. The number of allylic oxidation sites excluding steroid dienone is 1. The van der Waals surface area contributed by atoms with Crippen molar-refractivity contribution in [1.82, 2.24) is 4.57 Å². The molecule has 0 aliphatic carbocycles. The highest BCUT2D eigenvalue weighted by atomic mass is 35.5. The molecule has 0 saturated heterocycles. The molecule has 0 bridgehead atoms. The summed E-state index contributed by atoms with van der Waals surface area (Å²) in [4.78, 5) is 32.8. The summed E-state index contributed by atoms with van der Waals surface area (Å²) in [5, 5.41) is 3.67. The Balaban J connectivity index is 1.74. The van der Waals surface area contributed by atoms with Crippen LogP contribution < -0.4 is 29.7 Å². The molecular weight excluding hydrogens is 557 g/mol. The van der Waals surface area contributed by atoms with Crippen LogP contribution in [-0.4, -0.2) is 24.7 Å². The van der Waals surface area contributed by atoms with Crippen molar-refractivity contribution in [2.45, 2.75) is 13.0 Å². The first-order chi connectivity index (χ1) is 18.8. The van der Waals surface area contributed by atoms with Crippen LogP contribution in [-0.2, 0) is 4.79 Å². The third-order valence-corrected chi connectivity index (χ3v) is 8.12. The summed E-state index contributed by atoms with van der Waals surface area (Å²) in [6.45, 7) is 1.76. The third kappa shape index (κ3) is 5.11. The molecular formula is C29H23Cl2N3O4S. The van der Waals surface area contributed by atoms with E-state index in [1.165, 1.54) is 23.0 Å². The molecule has 0 spiro atoms. The van der Waals surface area contributed by atoms with Gasteiger partial charge in [-0.15, -0.1) is 0 Å². The quantitative estimate of drug-likeness (QED) is 0.340. The van der Waals surface area contributed by atoms with Crippen molar-refractivity contribution in [2.75, 3.05) is 19.5 Å². The molecule has 1 amide bonds. The van der Waals surface area contributed by atoms with Gasteiger partial charge in [-0.3, -0.25) is 14.2 Å². The molecule has 1 N–H and O–H groups in total. The maximum absolute atomic E-state index is 13.9. The number of hydrogen-bond acceptors (Lipinski definition) is 6. The second kappa shape index (κ2) is 11.1. The number of carbonyl (C=O) groups is 1. The zero-order chi connectivity index (χ0) is 27.7. The van der Waals surface area contributed by atoms with Gasteiger partial charge >= 0.3 is 0 Å². The Morgan fingerprint density at radius 1 is 1.05 bits per heavy atom.